The number of carbonyl (C=O) groups is 1. The van der Waals surface area contributed by atoms with E-state index < -0.39 is 12.3 Å². The molecule has 6 nitrogen and oxygen atoms in total. The first-order valence-corrected chi connectivity index (χ1v) is 13.0. The van der Waals surface area contributed by atoms with E-state index in [0.29, 0.717) is 36.8 Å². The van der Waals surface area contributed by atoms with Crippen molar-refractivity contribution in [2.24, 2.45) is 4.99 Å². The second kappa shape index (κ2) is 17.5. The number of amidine groups is 1. The van der Waals surface area contributed by atoms with E-state index in [1.807, 2.05) is 30.2 Å². The van der Waals surface area contributed by atoms with Crippen LogP contribution < -0.4 is 5.32 Å². The van der Waals surface area contributed by atoms with Crippen molar-refractivity contribution < 1.29 is 18.3 Å². The topological polar surface area (TPSA) is 77.8 Å². The summed E-state index contributed by atoms with van der Waals surface area (Å²) in [5.41, 5.74) is 2.07. The third-order valence-electron chi connectivity index (χ3n) is 4.89. The Morgan fingerprint density at radius 1 is 1.46 bits per heavy atom. The van der Waals surface area contributed by atoms with Crippen molar-refractivity contribution in [1.82, 2.24) is 10.2 Å². The number of hydrogen-bond donors (Lipinski definition) is 2. The van der Waals surface area contributed by atoms with Crippen LogP contribution in [0.2, 0.25) is 5.02 Å². The largest absolute Gasteiger partial charge is 0.453 e. The highest BCUT2D eigenvalue weighted by Gasteiger charge is 2.26. The van der Waals surface area contributed by atoms with Gasteiger partial charge in [0, 0.05) is 34.3 Å². The number of alkyl carbamates (subject to hydrolysis) is 1. The fraction of sp³-hybridized carbons (Fsp3) is 0.370. The minimum atomic E-state index is -0.942. The molecule has 1 aromatic rings. The molecule has 0 saturated carbocycles. The zero-order valence-electron chi connectivity index (χ0n) is 21.7. The summed E-state index contributed by atoms with van der Waals surface area (Å²) in [4.78, 5) is 18.9. The SMILES string of the molecule is C=C(S/C=C\C)C1=NCC(C(=N)/C=C\CC(C)F)=C(CC)N1CCNC(=O)OC.Fc1cccc(Cl)c1. The molecule has 0 saturated heterocycles. The summed E-state index contributed by atoms with van der Waals surface area (Å²) >= 11 is 6.88. The Bertz CT molecular complexity index is 1040. The van der Waals surface area contributed by atoms with Gasteiger partial charge >= 0.3 is 6.09 Å². The van der Waals surface area contributed by atoms with Gasteiger partial charge in [0.1, 0.15) is 17.8 Å². The fourth-order valence-electron chi connectivity index (χ4n) is 3.22. The molecule has 1 aliphatic rings. The second-order valence-corrected chi connectivity index (χ2v) is 9.21. The average molecular weight is 553 g/mol. The highest BCUT2D eigenvalue weighted by atomic mass is 35.5. The lowest BCUT2D eigenvalue weighted by Crippen LogP contribution is -2.41. The maximum Gasteiger partial charge on any atom is 0.406 e. The van der Waals surface area contributed by atoms with Gasteiger partial charge in [-0.3, -0.25) is 4.99 Å². The normalized spacial score (nSPS) is 14.2. The standard InChI is InChI=1S/C21H31FN4O2S.C6H4ClF/c1-6-13-29-16(4)20-25-14-17(18(23)10-8-9-15(3)22)19(7-2)26(20)12-11-24-21(27)28-5;7-5-2-1-3-6(8)4-5/h6,8,10,13,15,23H,4,7,9,11-12,14H2,1-3,5H3,(H,24,27);1-4H/b10-8-,13-6-,23-18?;. The number of hydrogen-bond acceptors (Lipinski definition) is 6. The van der Waals surface area contributed by atoms with Crippen molar-refractivity contribution in [2.75, 3.05) is 26.7 Å². The van der Waals surface area contributed by atoms with Gasteiger partial charge in [-0.05, 0) is 56.4 Å². The average Bonchev–Trinajstić information content (AvgIpc) is 2.86. The summed E-state index contributed by atoms with van der Waals surface area (Å²) in [6, 6.07) is 5.82. The number of nitrogens with one attached hydrogen (secondary N) is 2. The van der Waals surface area contributed by atoms with E-state index in [0.717, 1.165) is 22.0 Å². The lowest BCUT2D eigenvalue weighted by atomic mass is 10.0. The number of aliphatic imine (C=N–C) groups is 1. The van der Waals surface area contributed by atoms with Gasteiger partial charge in [-0.15, -0.1) is 0 Å². The maximum atomic E-state index is 13.0. The number of nitrogens with zero attached hydrogens (tertiary/aromatic N) is 2. The third kappa shape index (κ3) is 11.8. The zero-order chi connectivity index (χ0) is 27.8. The molecule has 0 bridgehead atoms. The first kappa shape index (κ1) is 32.1. The molecule has 1 amide bonds. The molecule has 1 heterocycles. The van der Waals surface area contributed by atoms with Crippen LogP contribution in [0.1, 0.15) is 33.6 Å². The second-order valence-electron chi connectivity index (χ2n) is 7.77. The number of methoxy groups -OCH3 is 1. The Morgan fingerprint density at radius 3 is 2.73 bits per heavy atom. The number of alkyl halides is 1. The van der Waals surface area contributed by atoms with Gasteiger partial charge in [0.05, 0.1) is 19.4 Å². The molecule has 0 spiro atoms. The molecule has 0 radical (unpaired) electrons. The van der Waals surface area contributed by atoms with E-state index >= 15 is 0 Å². The minimum Gasteiger partial charge on any atom is -0.453 e. The Morgan fingerprint density at radius 2 is 2.19 bits per heavy atom. The van der Waals surface area contributed by atoms with Crippen LogP contribution in [0.15, 0.2) is 75.6 Å². The summed E-state index contributed by atoms with van der Waals surface area (Å²) < 4.78 is 29.8. The lowest BCUT2D eigenvalue weighted by molar-refractivity contribution is 0.170. The molecular formula is C27H35ClF2N4O2S. The molecule has 2 rings (SSSR count). The first-order chi connectivity index (χ1) is 17.6. The number of benzene rings is 1. The van der Waals surface area contributed by atoms with Crippen LogP contribution in [-0.2, 0) is 4.74 Å². The molecule has 1 unspecified atom stereocenters. The van der Waals surface area contributed by atoms with Gasteiger partial charge in [0.25, 0.3) is 0 Å². The van der Waals surface area contributed by atoms with Crippen molar-refractivity contribution >= 4 is 41.0 Å². The van der Waals surface area contributed by atoms with Crippen LogP contribution in [0.4, 0.5) is 13.6 Å². The number of carbonyl (C=O) groups excluding carboxylic acids is 1. The van der Waals surface area contributed by atoms with Crippen LogP contribution in [0.25, 0.3) is 0 Å². The number of allylic oxidation sites excluding steroid dienone is 4. The van der Waals surface area contributed by atoms with Gasteiger partial charge in [0.15, 0.2) is 0 Å². The molecule has 1 atom stereocenters. The van der Waals surface area contributed by atoms with Crippen molar-refractivity contribution in [2.45, 2.75) is 39.8 Å². The molecule has 2 N–H and O–H groups in total. The summed E-state index contributed by atoms with van der Waals surface area (Å²) in [5.74, 6) is 0.437. The molecule has 1 aliphatic heterocycles. The molecule has 0 aliphatic carbocycles. The number of rotatable bonds is 11. The monoisotopic (exact) mass is 552 g/mol. The van der Waals surface area contributed by atoms with Crippen LogP contribution in [0, 0.1) is 11.2 Å². The van der Waals surface area contributed by atoms with E-state index in [1.165, 1.54) is 37.9 Å². The fourth-order valence-corrected chi connectivity index (χ4v) is 3.98. The van der Waals surface area contributed by atoms with E-state index in [2.05, 4.69) is 21.6 Å². The summed E-state index contributed by atoms with van der Waals surface area (Å²) in [6.45, 7) is 10.8. The van der Waals surface area contributed by atoms with Gasteiger partial charge in [-0.1, -0.05) is 55.1 Å². The molecule has 0 fully saturated rings. The lowest BCUT2D eigenvalue weighted by Gasteiger charge is -2.34. The van der Waals surface area contributed by atoms with Crippen LogP contribution in [-0.4, -0.2) is 55.5 Å². The number of halogens is 3. The molecule has 202 valence electrons. The van der Waals surface area contributed by atoms with Crippen molar-refractivity contribution in [3.8, 4) is 0 Å². The molecule has 0 aromatic heterocycles. The Hall–Kier alpha value is -2.91. The quantitative estimate of drug-likeness (QED) is 0.282. The van der Waals surface area contributed by atoms with E-state index in [-0.39, 0.29) is 12.2 Å². The minimum absolute atomic E-state index is 0.273. The Balaban J connectivity index is 0.000000722. The van der Waals surface area contributed by atoms with E-state index in [4.69, 9.17) is 17.0 Å². The predicted molar refractivity (Wildman–Crippen MR) is 152 cm³/mol. The smallest absolute Gasteiger partial charge is 0.406 e. The van der Waals surface area contributed by atoms with Crippen molar-refractivity contribution in [3.05, 3.63) is 81.5 Å². The molecule has 10 heteroatoms. The molecular weight excluding hydrogens is 518 g/mol. The summed E-state index contributed by atoms with van der Waals surface area (Å²) in [7, 11) is 1.32. The van der Waals surface area contributed by atoms with Gasteiger partial charge in [-0.2, -0.15) is 0 Å². The van der Waals surface area contributed by atoms with Gasteiger partial charge in [0.2, 0.25) is 0 Å². The van der Waals surface area contributed by atoms with E-state index in [9.17, 15) is 13.6 Å². The van der Waals surface area contributed by atoms with Crippen LogP contribution in [0.5, 0.6) is 0 Å². The highest BCUT2D eigenvalue weighted by molar-refractivity contribution is 8.06. The number of ether oxygens (including phenoxy) is 1. The van der Waals surface area contributed by atoms with Gasteiger partial charge < -0.3 is 20.4 Å². The number of amides is 1. The summed E-state index contributed by atoms with van der Waals surface area (Å²) in [5, 5.41) is 13.5. The highest BCUT2D eigenvalue weighted by Crippen LogP contribution is 2.28. The molecule has 37 heavy (non-hydrogen) atoms. The number of thioether (sulfide) groups is 1. The predicted octanol–water partition coefficient (Wildman–Crippen LogP) is 7.30. The van der Waals surface area contributed by atoms with E-state index in [1.54, 1.807) is 24.3 Å². The van der Waals surface area contributed by atoms with Crippen molar-refractivity contribution in [1.29, 1.82) is 5.41 Å². The third-order valence-corrected chi connectivity index (χ3v) is 6.01. The Labute approximate surface area is 227 Å². The first-order valence-electron chi connectivity index (χ1n) is 11.8. The summed E-state index contributed by atoms with van der Waals surface area (Å²) in [6.07, 6.45) is 4.76. The van der Waals surface area contributed by atoms with Crippen LogP contribution in [0.3, 0.4) is 0 Å². The Kier molecular flexibility index (Phi) is 15.2. The van der Waals surface area contributed by atoms with Crippen molar-refractivity contribution in [3.63, 3.8) is 0 Å². The van der Waals surface area contributed by atoms with Crippen LogP contribution >= 0.6 is 23.4 Å². The molecule has 1 aromatic carbocycles. The maximum absolute atomic E-state index is 13.0. The van der Waals surface area contributed by atoms with Gasteiger partial charge in [-0.25, -0.2) is 13.6 Å². The zero-order valence-corrected chi connectivity index (χ0v) is 23.3.